The van der Waals surface area contributed by atoms with E-state index in [1.54, 1.807) is 27.7 Å². The monoisotopic (exact) mass is 287 g/mol. The molecule has 1 saturated carbocycles. The van der Waals surface area contributed by atoms with Gasteiger partial charge in [0.2, 0.25) is 0 Å². The van der Waals surface area contributed by atoms with Crippen molar-refractivity contribution >= 4 is 12.1 Å². The summed E-state index contributed by atoms with van der Waals surface area (Å²) in [6.07, 6.45) is 0.126. The second-order valence-corrected chi connectivity index (χ2v) is 6.08. The third-order valence-corrected chi connectivity index (χ3v) is 3.14. The zero-order valence-corrected chi connectivity index (χ0v) is 12.6. The molecule has 6 heteroatoms. The third-order valence-electron chi connectivity index (χ3n) is 3.14. The Morgan fingerprint density at radius 2 is 1.95 bits per heavy atom. The van der Waals surface area contributed by atoms with Crippen molar-refractivity contribution < 1.29 is 24.2 Å². The number of alkyl carbamates (subject to hydrolysis) is 1. The fourth-order valence-corrected chi connectivity index (χ4v) is 2.25. The maximum atomic E-state index is 11.7. The fraction of sp³-hybridized carbons (Fsp3) is 0.857. The summed E-state index contributed by atoms with van der Waals surface area (Å²) in [6, 6.07) is -0.379. The van der Waals surface area contributed by atoms with Crippen LogP contribution in [0.25, 0.3) is 0 Å². The van der Waals surface area contributed by atoms with Gasteiger partial charge in [-0.3, -0.25) is 4.79 Å². The summed E-state index contributed by atoms with van der Waals surface area (Å²) >= 11 is 0. The van der Waals surface area contributed by atoms with Crippen molar-refractivity contribution in [1.29, 1.82) is 0 Å². The number of hydrogen-bond donors (Lipinski definition) is 2. The molecular formula is C14H25NO5. The summed E-state index contributed by atoms with van der Waals surface area (Å²) in [4.78, 5) is 23.3. The molecule has 0 aromatic heterocycles. The lowest BCUT2D eigenvalue weighted by Crippen LogP contribution is -2.49. The van der Waals surface area contributed by atoms with Crippen molar-refractivity contribution in [3.63, 3.8) is 0 Å². The fourth-order valence-electron chi connectivity index (χ4n) is 2.25. The smallest absolute Gasteiger partial charge is 0.407 e. The molecule has 1 amide bonds. The molecule has 0 radical (unpaired) electrons. The molecule has 2 N–H and O–H groups in total. The molecule has 0 heterocycles. The van der Waals surface area contributed by atoms with Crippen molar-refractivity contribution in [2.45, 2.75) is 64.7 Å². The highest BCUT2D eigenvalue weighted by atomic mass is 16.6. The molecule has 0 aromatic carbocycles. The molecule has 1 aliphatic rings. The minimum Gasteiger partial charge on any atom is -0.466 e. The van der Waals surface area contributed by atoms with Crippen LogP contribution in [0.2, 0.25) is 0 Å². The topological polar surface area (TPSA) is 84.9 Å². The molecule has 0 bridgehead atoms. The first kappa shape index (κ1) is 16.8. The largest absolute Gasteiger partial charge is 0.466 e. The molecule has 0 spiro atoms. The Kier molecular flexibility index (Phi) is 5.80. The average molecular weight is 287 g/mol. The van der Waals surface area contributed by atoms with Gasteiger partial charge >= 0.3 is 12.1 Å². The van der Waals surface area contributed by atoms with E-state index in [0.717, 1.165) is 0 Å². The van der Waals surface area contributed by atoms with Crippen molar-refractivity contribution in [1.82, 2.24) is 5.32 Å². The van der Waals surface area contributed by atoms with E-state index in [4.69, 9.17) is 9.47 Å². The van der Waals surface area contributed by atoms with Crippen LogP contribution in [0.3, 0.4) is 0 Å². The number of rotatable bonds is 3. The van der Waals surface area contributed by atoms with Crippen LogP contribution in [0, 0.1) is 5.92 Å². The summed E-state index contributed by atoms with van der Waals surface area (Å²) in [7, 11) is 0. The first-order chi connectivity index (χ1) is 9.23. The molecule has 116 valence electrons. The highest BCUT2D eigenvalue weighted by Crippen LogP contribution is 2.26. The van der Waals surface area contributed by atoms with Gasteiger partial charge in [-0.25, -0.2) is 4.79 Å². The summed E-state index contributed by atoms with van der Waals surface area (Å²) < 4.78 is 10.1. The Bertz CT molecular complexity index is 350. The molecule has 0 aliphatic heterocycles. The molecule has 1 aliphatic carbocycles. The highest BCUT2D eigenvalue weighted by Gasteiger charge is 2.35. The zero-order chi connectivity index (χ0) is 15.3. The minimum atomic E-state index is -0.759. The van der Waals surface area contributed by atoms with Crippen LogP contribution < -0.4 is 5.32 Å². The van der Waals surface area contributed by atoms with Crippen LogP contribution in [0.5, 0.6) is 0 Å². The van der Waals surface area contributed by atoms with E-state index in [9.17, 15) is 14.7 Å². The van der Waals surface area contributed by atoms with E-state index in [2.05, 4.69) is 5.32 Å². The number of esters is 1. The van der Waals surface area contributed by atoms with Crippen LogP contribution in [-0.4, -0.2) is 41.5 Å². The maximum Gasteiger partial charge on any atom is 0.407 e. The van der Waals surface area contributed by atoms with E-state index in [-0.39, 0.29) is 17.9 Å². The third kappa shape index (κ3) is 5.36. The van der Waals surface area contributed by atoms with Gasteiger partial charge in [0, 0.05) is 0 Å². The van der Waals surface area contributed by atoms with Crippen molar-refractivity contribution in [2.75, 3.05) is 6.61 Å². The molecular weight excluding hydrogens is 262 g/mol. The van der Waals surface area contributed by atoms with Gasteiger partial charge in [-0.15, -0.1) is 0 Å². The lowest BCUT2D eigenvalue weighted by Gasteiger charge is -2.33. The van der Waals surface area contributed by atoms with Crippen LogP contribution in [0.4, 0.5) is 4.79 Å². The van der Waals surface area contributed by atoms with E-state index in [1.165, 1.54) is 0 Å². The Morgan fingerprint density at radius 1 is 1.30 bits per heavy atom. The first-order valence-electron chi connectivity index (χ1n) is 7.07. The van der Waals surface area contributed by atoms with Gasteiger partial charge in [0.1, 0.15) is 5.60 Å². The number of carbonyl (C=O) groups is 2. The summed E-state index contributed by atoms with van der Waals surface area (Å²) in [5.41, 5.74) is -0.572. The normalized spacial score (nSPS) is 26.8. The van der Waals surface area contributed by atoms with E-state index < -0.39 is 17.8 Å². The second-order valence-electron chi connectivity index (χ2n) is 6.08. The van der Waals surface area contributed by atoms with E-state index in [0.29, 0.717) is 25.9 Å². The number of nitrogens with one attached hydrogen (secondary N) is 1. The zero-order valence-electron chi connectivity index (χ0n) is 12.6. The van der Waals surface area contributed by atoms with E-state index >= 15 is 0 Å². The molecule has 0 aromatic rings. The average Bonchev–Trinajstić information content (AvgIpc) is 2.29. The van der Waals surface area contributed by atoms with Crippen LogP contribution >= 0.6 is 0 Å². The van der Waals surface area contributed by atoms with E-state index in [1.807, 2.05) is 0 Å². The van der Waals surface area contributed by atoms with Crippen LogP contribution in [-0.2, 0) is 14.3 Å². The van der Waals surface area contributed by atoms with Crippen LogP contribution in [0.15, 0.2) is 0 Å². The molecule has 0 unspecified atom stereocenters. The predicted molar refractivity (Wildman–Crippen MR) is 73.1 cm³/mol. The van der Waals surface area contributed by atoms with Gasteiger partial charge < -0.3 is 19.9 Å². The number of aliphatic hydroxyl groups is 1. The van der Waals surface area contributed by atoms with Gasteiger partial charge in [0.15, 0.2) is 0 Å². The Hall–Kier alpha value is -1.30. The minimum absolute atomic E-state index is 0.276. The first-order valence-corrected chi connectivity index (χ1v) is 7.07. The van der Waals surface area contributed by atoms with Crippen molar-refractivity contribution in [3.05, 3.63) is 0 Å². The Balaban J connectivity index is 2.45. The lowest BCUT2D eigenvalue weighted by atomic mass is 9.84. The summed E-state index contributed by atoms with van der Waals surface area (Å²) in [5.74, 6) is -0.566. The van der Waals surface area contributed by atoms with Crippen molar-refractivity contribution in [2.24, 2.45) is 5.92 Å². The predicted octanol–water partition coefficient (Wildman–Crippen LogP) is 1.60. The molecule has 1 fully saturated rings. The van der Waals surface area contributed by atoms with Crippen molar-refractivity contribution in [3.8, 4) is 0 Å². The van der Waals surface area contributed by atoms with Gasteiger partial charge in [-0.1, -0.05) is 0 Å². The standard InChI is InChI=1S/C14H25NO5/c1-5-19-12(17)9-6-7-10(11(16)8-9)15-13(18)20-14(2,3)4/h9-11,16H,5-8H2,1-4H3,(H,15,18)/t9-,10-,11+/m1/s1. The lowest BCUT2D eigenvalue weighted by molar-refractivity contribution is -0.150. The highest BCUT2D eigenvalue weighted by molar-refractivity contribution is 5.73. The van der Waals surface area contributed by atoms with Gasteiger partial charge in [-0.05, 0) is 47.0 Å². The van der Waals surface area contributed by atoms with Crippen LogP contribution in [0.1, 0.15) is 47.0 Å². The molecule has 6 nitrogen and oxygen atoms in total. The molecule has 20 heavy (non-hydrogen) atoms. The number of amides is 1. The summed E-state index contributed by atoms with van der Waals surface area (Å²) in [6.45, 7) is 7.43. The van der Waals surface area contributed by atoms with Gasteiger partial charge in [0.05, 0.1) is 24.7 Å². The Morgan fingerprint density at radius 3 is 2.45 bits per heavy atom. The second kappa shape index (κ2) is 6.92. The number of carbonyl (C=O) groups excluding carboxylic acids is 2. The molecule has 1 rings (SSSR count). The summed E-state index contributed by atoms with van der Waals surface area (Å²) in [5, 5.41) is 12.7. The Labute approximate surface area is 119 Å². The number of aliphatic hydroxyl groups excluding tert-OH is 1. The SMILES string of the molecule is CCOC(=O)[C@@H]1CC[C@@H](NC(=O)OC(C)(C)C)[C@@H](O)C1. The maximum absolute atomic E-state index is 11.7. The quantitative estimate of drug-likeness (QED) is 0.770. The number of hydrogen-bond acceptors (Lipinski definition) is 5. The molecule has 0 saturated heterocycles. The molecule has 3 atom stereocenters. The number of ether oxygens (including phenoxy) is 2. The van der Waals surface area contributed by atoms with Gasteiger partial charge in [-0.2, -0.15) is 0 Å². The van der Waals surface area contributed by atoms with Gasteiger partial charge in [0.25, 0.3) is 0 Å².